The summed E-state index contributed by atoms with van der Waals surface area (Å²) in [4.78, 5) is 5.43. The third-order valence-electron chi connectivity index (χ3n) is 3.21. The lowest BCUT2D eigenvalue weighted by atomic mass is 10.2. The van der Waals surface area contributed by atoms with Crippen LogP contribution in [0.4, 0.5) is 0 Å². The van der Waals surface area contributed by atoms with Crippen LogP contribution in [-0.4, -0.2) is 35.1 Å². The minimum atomic E-state index is 0.348. The number of nitrogens with zero attached hydrogens (tertiary/aromatic N) is 1. The van der Waals surface area contributed by atoms with Crippen molar-refractivity contribution in [3.05, 3.63) is 30.0 Å². The van der Waals surface area contributed by atoms with E-state index < -0.39 is 0 Å². The number of likely N-dealkylation sites (tertiary alicyclic amines) is 1. The van der Waals surface area contributed by atoms with Crippen LogP contribution in [0.15, 0.2) is 24.4 Å². The highest BCUT2D eigenvalue weighted by Gasteiger charge is 2.03. The Morgan fingerprint density at radius 1 is 1.16 bits per heavy atom. The lowest BCUT2D eigenvalue weighted by molar-refractivity contribution is 0.418. The second-order valence-electron chi connectivity index (χ2n) is 4.68. The molecule has 0 spiro atoms. The maximum Gasteiger partial charge on any atom is 0.125 e. The molecule has 0 saturated carbocycles. The van der Waals surface area contributed by atoms with Gasteiger partial charge in [-0.25, -0.2) is 0 Å². The fraction of sp³-hybridized carbons (Fsp3) is 0.500. The number of H-pyrrole nitrogens is 1. The fourth-order valence-electron chi connectivity index (χ4n) is 2.21. The molecule has 106 valence electrons. The van der Waals surface area contributed by atoms with Crippen molar-refractivity contribution < 1.29 is 5.11 Å². The highest BCUT2D eigenvalue weighted by molar-refractivity contribution is 5.88. The number of nitrogens with one attached hydrogen (secondary N) is 1. The molecule has 1 aromatic heterocycles. The summed E-state index contributed by atoms with van der Waals surface area (Å²) < 4.78 is 0. The van der Waals surface area contributed by atoms with Crippen molar-refractivity contribution in [3.63, 3.8) is 0 Å². The Labute approximate surface area is 116 Å². The fourth-order valence-corrected chi connectivity index (χ4v) is 2.21. The van der Waals surface area contributed by atoms with E-state index >= 15 is 0 Å². The summed E-state index contributed by atoms with van der Waals surface area (Å²) in [6, 6.07) is 5.47. The van der Waals surface area contributed by atoms with E-state index in [2.05, 4.69) is 16.9 Å². The number of aromatic hydroxyl groups is 1. The van der Waals surface area contributed by atoms with E-state index in [0.29, 0.717) is 5.75 Å². The first-order chi connectivity index (χ1) is 9.18. The molecule has 0 radical (unpaired) electrons. The first-order valence-corrected chi connectivity index (χ1v) is 7.12. The lowest BCUT2D eigenvalue weighted by Gasteiger charge is -2.01. The van der Waals surface area contributed by atoms with Gasteiger partial charge in [0.15, 0.2) is 0 Å². The third kappa shape index (κ3) is 4.28. The van der Waals surface area contributed by atoms with E-state index in [-0.39, 0.29) is 0 Å². The monoisotopic (exact) mass is 262 g/mol. The zero-order valence-electron chi connectivity index (χ0n) is 12.5. The van der Waals surface area contributed by atoms with E-state index in [4.69, 9.17) is 0 Å². The first-order valence-electron chi connectivity index (χ1n) is 7.12. The Morgan fingerprint density at radius 3 is 2.26 bits per heavy atom. The number of aryl methyl sites for hydroxylation is 1. The molecule has 0 atom stereocenters. The predicted molar refractivity (Wildman–Crippen MR) is 82.8 cm³/mol. The zero-order valence-corrected chi connectivity index (χ0v) is 12.5. The van der Waals surface area contributed by atoms with Crippen molar-refractivity contribution in [2.45, 2.75) is 33.6 Å². The molecule has 0 unspecified atom stereocenters. The van der Waals surface area contributed by atoms with Gasteiger partial charge in [-0.05, 0) is 57.6 Å². The van der Waals surface area contributed by atoms with Gasteiger partial charge in [0.2, 0.25) is 0 Å². The third-order valence-corrected chi connectivity index (χ3v) is 3.21. The predicted octanol–water partition coefficient (Wildman–Crippen LogP) is 3.92. The standard InChI is InChI=1S/C9H9NO.C5H11N.C2H6/c1-6-5-10-7-3-2-4-8(11)9(6)7;1-6-4-2-3-5-6;1-2/h2-5,10-11H,1H3;2-5H2,1H3;1-2H3. The summed E-state index contributed by atoms with van der Waals surface area (Å²) >= 11 is 0. The number of aromatic amines is 1. The number of benzene rings is 1. The molecule has 2 N–H and O–H groups in total. The molecular weight excluding hydrogens is 236 g/mol. The highest BCUT2D eigenvalue weighted by Crippen LogP contribution is 2.26. The number of fused-ring (bicyclic) bond motifs is 1. The van der Waals surface area contributed by atoms with Crippen molar-refractivity contribution in [1.82, 2.24) is 9.88 Å². The summed E-state index contributed by atoms with van der Waals surface area (Å²) in [5.41, 5.74) is 2.07. The zero-order chi connectivity index (χ0) is 14.3. The summed E-state index contributed by atoms with van der Waals surface area (Å²) in [5.74, 6) is 0.348. The van der Waals surface area contributed by atoms with Crippen LogP contribution in [0.3, 0.4) is 0 Å². The van der Waals surface area contributed by atoms with E-state index in [0.717, 1.165) is 16.5 Å². The van der Waals surface area contributed by atoms with Gasteiger partial charge in [0.05, 0.1) is 0 Å². The Hall–Kier alpha value is -1.48. The molecule has 1 aliphatic rings. The number of aromatic nitrogens is 1. The van der Waals surface area contributed by atoms with Crippen LogP contribution >= 0.6 is 0 Å². The number of rotatable bonds is 0. The van der Waals surface area contributed by atoms with Crippen LogP contribution in [0.25, 0.3) is 10.9 Å². The summed E-state index contributed by atoms with van der Waals surface area (Å²) in [7, 11) is 2.17. The van der Waals surface area contributed by atoms with Gasteiger partial charge in [0, 0.05) is 17.1 Å². The van der Waals surface area contributed by atoms with Crippen LogP contribution in [0.2, 0.25) is 0 Å². The second-order valence-corrected chi connectivity index (χ2v) is 4.68. The lowest BCUT2D eigenvalue weighted by Crippen LogP contribution is -2.10. The normalized spacial score (nSPS) is 14.5. The van der Waals surface area contributed by atoms with Gasteiger partial charge < -0.3 is 15.0 Å². The number of hydrogen-bond acceptors (Lipinski definition) is 2. The summed E-state index contributed by atoms with van der Waals surface area (Å²) in [5, 5.41) is 10.3. The van der Waals surface area contributed by atoms with Crippen molar-refractivity contribution in [2.24, 2.45) is 0 Å². The number of phenolic OH excluding ortho intramolecular Hbond substituents is 1. The van der Waals surface area contributed by atoms with Gasteiger partial charge in [-0.2, -0.15) is 0 Å². The minimum Gasteiger partial charge on any atom is -0.507 e. The van der Waals surface area contributed by atoms with Crippen LogP contribution in [0.1, 0.15) is 32.3 Å². The molecule has 3 heteroatoms. The molecule has 0 amide bonds. The SMILES string of the molecule is CC.CN1CCCC1.Cc1c[nH]c2cccc(O)c12. The minimum absolute atomic E-state index is 0.348. The van der Waals surface area contributed by atoms with Gasteiger partial charge in [-0.1, -0.05) is 19.9 Å². The molecular formula is C16H26N2O. The molecule has 2 aromatic rings. The van der Waals surface area contributed by atoms with Crippen LogP contribution < -0.4 is 0 Å². The van der Waals surface area contributed by atoms with E-state index in [1.165, 1.54) is 25.9 Å². The maximum atomic E-state index is 9.42. The van der Waals surface area contributed by atoms with E-state index in [9.17, 15) is 5.11 Å². The molecule has 0 bridgehead atoms. The van der Waals surface area contributed by atoms with Crippen molar-refractivity contribution in [2.75, 3.05) is 20.1 Å². The van der Waals surface area contributed by atoms with Crippen LogP contribution in [0, 0.1) is 6.92 Å². The molecule has 0 aliphatic carbocycles. The Kier molecular flexibility index (Phi) is 6.43. The molecule has 3 rings (SSSR count). The quantitative estimate of drug-likeness (QED) is 0.755. The van der Waals surface area contributed by atoms with Gasteiger partial charge in [-0.3, -0.25) is 0 Å². The van der Waals surface area contributed by atoms with Crippen molar-refractivity contribution in [1.29, 1.82) is 0 Å². The van der Waals surface area contributed by atoms with E-state index in [1.54, 1.807) is 6.07 Å². The molecule has 2 heterocycles. The topological polar surface area (TPSA) is 39.3 Å². The molecule has 1 saturated heterocycles. The van der Waals surface area contributed by atoms with Gasteiger partial charge >= 0.3 is 0 Å². The van der Waals surface area contributed by atoms with Crippen molar-refractivity contribution >= 4 is 10.9 Å². The van der Waals surface area contributed by atoms with Crippen molar-refractivity contribution in [3.8, 4) is 5.75 Å². The molecule has 19 heavy (non-hydrogen) atoms. The number of hydrogen-bond donors (Lipinski definition) is 2. The van der Waals surface area contributed by atoms with Crippen LogP contribution in [-0.2, 0) is 0 Å². The molecule has 1 aliphatic heterocycles. The van der Waals surface area contributed by atoms with Gasteiger partial charge in [-0.15, -0.1) is 0 Å². The average molecular weight is 262 g/mol. The average Bonchev–Trinajstić information content (AvgIpc) is 3.03. The van der Waals surface area contributed by atoms with Gasteiger partial charge in [0.1, 0.15) is 5.75 Å². The molecule has 3 nitrogen and oxygen atoms in total. The second kappa shape index (κ2) is 7.85. The number of phenols is 1. The summed E-state index contributed by atoms with van der Waals surface area (Å²) in [6.45, 7) is 8.61. The Morgan fingerprint density at radius 2 is 1.79 bits per heavy atom. The van der Waals surface area contributed by atoms with E-state index in [1.807, 2.05) is 39.1 Å². The molecule has 1 fully saturated rings. The maximum absolute atomic E-state index is 9.42. The Balaban J connectivity index is 0.000000192. The summed E-state index contributed by atoms with van der Waals surface area (Å²) in [6.07, 6.45) is 4.72. The highest BCUT2D eigenvalue weighted by atomic mass is 16.3. The smallest absolute Gasteiger partial charge is 0.125 e. The Bertz CT molecular complexity index is 484. The first kappa shape index (κ1) is 15.6. The molecule has 1 aromatic carbocycles. The largest absolute Gasteiger partial charge is 0.507 e. The van der Waals surface area contributed by atoms with Crippen LogP contribution in [0.5, 0.6) is 5.75 Å². The van der Waals surface area contributed by atoms with Gasteiger partial charge in [0.25, 0.3) is 0 Å².